The van der Waals surface area contributed by atoms with Crippen molar-refractivity contribution in [2.45, 2.75) is 31.8 Å². The van der Waals surface area contributed by atoms with Gasteiger partial charge in [0.25, 0.3) is 0 Å². The van der Waals surface area contributed by atoms with E-state index in [1.165, 1.54) is 5.56 Å². The van der Waals surface area contributed by atoms with Crippen LogP contribution in [0.3, 0.4) is 0 Å². The minimum atomic E-state index is -0.258. The van der Waals surface area contributed by atoms with Crippen LogP contribution < -0.4 is 5.32 Å². The van der Waals surface area contributed by atoms with Crippen molar-refractivity contribution in [1.29, 1.82) is 0 Å². The number of piperidine rings is 1. The summed E-state index contributed by atoms with van der Waals surface area (Å²) in [5.74, 6) is 0. The normalized spacial score (nSPS) is 18.3. The molecular formula is C21H23N3O2. The van der Waals surface area contributed by atoms with Gasteiger partial charge in [-0.2, -0.15) is 0 Å². The topological polar surface area (TPSA) is 53.9 Å². The predicted octanol–water partition coefficient (Wildman–Crippen LogP) is 4.19. The molecule has 1 spiro atoms. The molecule has 1 saturated heterocycles. The van der Waals surface area contributed by atoms with E-state index < -0.39 is 0 Å². The number of nitrogens with one attached hydrogen (secondary N) is 1. The summed E-state index contributed by atoms with van der Waals surface area (Å²) in [6, 6.07) is 18.0. The van der Waals surface area contributed by atoms with Crippen LogP contribution in [0.4, 0.5) is 10.5 Å². The van der Waals surface area contributed by atoms with Crippen LogP contribution in [0.1, 0.15) is 30.4 Å². The van der Waals surface area contributed by atoms with Crippen molar-refractivity contribution in [1.82, 2.24) is 4.90 Å². The predicted molar refractivity (Wildman–Crippen MR) is 102 cm³/mol. The van der Waals surface area contributed by atoms with Crippen molar-refractivity contribution in [3.63, 3.8) is 0 Å². The van der Waals surface area contributed by atoms with Gasteiger partial charge in [0, 0.05) is 38.0 Å². The molecule has 1 fully saturated rings. The van der Waals surface area contributed by atoms with E-state index in [1.807, 2.05) is 54.3 Å². The molecule has 2 aliphatic rings. The van der Waals surface area contributed by atoms with Gasteiger partial charge in [0.05, 0.1) is 5.71 Å². The molecule has 0 aliphatic carbocycles. The van der Waals surface area contributed by atoms with E-state index in [0.29, 0.717) is 13.1 Å². The van der Waals surface area contributed by atoms with Gasteiger partial charge in [-0.1, -0.05) is 53.2 Å². The van der Waals surface area contributed by atoms with Gasteiger partial charge in [0.2, 0.25) is 0 Å². The Labute approximate surface area is 153 Å². The monoisotopic (exact) mass is 349 g/mol. The highest BCUT2D eigenvalue weighted by Gasteiger charge is 2.43. The number of carbonyl (C=O) groups is 1. The molecule has 2 heterocycles. The lowest BCUT2D eigenvalue weighted by molar-refractivity contribution is -0.0544. The van der Waals surface area contributed by atoms with E-state index in [1.54, 1.807) is 0 Å². The summed E-state index contributed by atoms with van der Waals surface area (Å²) in [6.07, 6.45) is 2.41. The van der Waals surface area contributed by atoms with Crippen molar-refractivity contribution in [3.8, 4) is 0 Å². The minimum absolute atomic E-state index is 0.0501. The maximum Gasteiger partial charge on any atom is 0.321 e. The van der Waals surface area contributed by atoms with Gasteiger partial charge in [0.1, 0.15) is 5.60 Å². The fraction of sp³-hybridized carbons (Fsp3) is 0.333. The number of rotatable bonds is 2. The third kappa shape index (κ3) is 3.43. The Bertz CT molecular complexity index is 807. The summed E-state index contributed by atoms with van der Waals surface area (Å²) in [5.41, 5.74) is 3.86. The summed E-state index contributed by atoms with van der Waals surface area (Å²) in [5, 5.41) is 7.30. The third-order valence-electron chi connectivity index (χ3n) is 5.21. The average Bonchev–Trinajstić information content (AvgIpc) is 3.08. The smallest absolute Gasteiger partial charge is 0.321 e. The number of carbonyl (C=O) groups excluding carboxylic acids is 1. The standard InChI is InChI=1S/C21H23N3O2/c1-16-7-9-18(10-8-16)22-20(25)24-13-11-21(12-14-24)15-19(23-26-21)17-5-3-2-4-6-17/h2-10H,11-15H2,1H3,(H,22,25). The lowest BCUT2D eigenvalue weighted by Crippen LogP contribution is -2.48. The first-order chi connectivity index (χ1) is 12.6. The number of hydrogen-bond donors (Lipinski definition) is 1. The highest BCUT2D eigenvalue weighted by Crippen LogP contribution is 2.36. The van der Waals surface area contributed by atoms with Crippen molar-refractivity contribution in [2.75, 3.05) is 18.4 Å². The molecule has 0 aromatic heterocycles. The SMILES string of the molecule is Cc1ccc(NC(=O)N2CCC3(CC2)CC(c2ccccc2)=NO3)cc1. The molecule has 2 aromatic carbocycles. The summed E-state index contributed by atoms with van der Waals surface area (Å²) >= 11 is 0. The zero-order chi connectivity index (χ0) is 18.0. The first-order valence-electron chi connectivity index (χ1n) is 9.07. The maximum atomic E-state index is 12.5. The molecular weight excluding hydrogens is 326 g/mol. The average molecular weight is 349 g/mol. The van der Waals surface area contributed by atoms with Gasteiger partial charge in [-0.25, -0.2) is 4.79 Å². The van der Waals surface area contributed by atoms with Crippen molar-refractivity contribution >= 4 is 17.4 Å². The number of likely N-dealkylation sites (tertiary alicyclic amines) is 1. The first-order valence-corrected chi connectivity index (χ1v) is 9.07. The molecule has 0 atom stereocenters. The van der Waals surface area contributed by atoms with Gasteiger partial charge in [-0.05, 0) is 24.6 Å². The Morgan fingerprint density at radius 1 is 1.08 bits per heavy atom. The molecule has 0 unspecified atom stereocenters. The summed E-state index contributed by atoms with van der Waals surface area (Å²) in [7, 11) is 0. The summed E-state index contributed by atoms with van der Waals surface area (Å²) in [4.78, 5) is 20.2. The Morgan fingerprint density at radius 2 is 1.77 bits per heavy atom. The van der Waals surface area contributed by atoms with Crippen molar-refractivity contribution < 1.29 is 9.63 Å². The van der Waals surface area contributed by atoms with Crippen LogP contribution >= 0.6 is 0 Å². The lowest BCUT2D eigenvalue weighted by Gasteiger charge is -2.37. The fourth-order valence-electron chi connectivity index (χ4n) is 3.53. The highest BCUT2D eigenvalue weighted by atomic mass is 16.7. The molecule has 0 radical (unpaired) electrons. The second-order valence-electron chi connectivity index (χ2n) is 7.14. The quantitative estimate of drug-likeness (QED) is 0.884. The minimum Gasteiger partial charge on any atom is -0.388 e. The highest BCUT2D eigenvalue weighted by molar-refractivity contribution is 6.01. The zero-order valence-corrected chi connectivity index (χ0v) is 14.9. The fourth-order valence-corrected chi connectivity index (χ4v) is 3.53. The number of oxime groups is 1. The summed E-state index contributed by atoms with van der Waals surface area (Å²) < 4.78 is 0. The van der Waals surface area contributed by atoms with E-state index in [4.69, 9.17) is 4.84 Å². The lowest BCUT2D eigenvalue weighted by atomic mass is 9.85. The second-order valence-corrected chi connectivity index (χ2v) is 7.14. The van der Waals surface area contributed by atoms with Gasteiger partial charge < -0.3 is 15.1 Å². The number of urea groups is 1. The van der Waals surface area contributed by atoms with Crippen LogP contribution in [0.5, 0.6) is 0 Å². The van der Waals surface area contributed by atoms with Crippen LogP contribution in [-0.2, 0) is 4.84 Å². The van der Waals surface area contributed by atoms with Crippen LogP contribution in [0.25, 0.3) is 0 Å². The molecule has 0 bridgehead atoms. The van der Waals surface area contributed by atoms with E-state index in [0.717, 1.165) is 36.2 Å². The summed E-state index contributed by atoms with van der Waals surface area (Å²) in [6.45, 7) is 3.38. The molecule has 1 N–H and O–H groups in total. The zero-order valence-electron chi connectivity index (χ0n) is 14.9. The third-order valence-corrected chi connectivity index (χ3v) is 5.21. The van der Waals surface area contributed by atoms with Crippen LogP contribution in [0.2, 0.25) is 0 Å². The molecule has 0 saturated carbocycles. The van der Waals surface area contributed by atoms with Gasteiger partial charge in [0.15, 0.2) is 0 Å². The molecule has 4 rings (SSSR count). The van der Waals surface area contributed by atoms with Gasteiger partial charge in [-0.15, -0.1) is 0 Å². The van der Waals surface area contributed by atoms with Gasteiger partial charge in [-0.3, -0.25) is 0 Å². The molecule has 5 nitrogen and oxygen atoms in total. The first kappa shape index (κ1) is 16.6. The molecule has 2 amide bonds. The number of benzene rings is 2. The largest absolute Gasteiger partial charge is 0.388 e. The Morgan fingerprint density at radius 3 is 2.46 bits per heavy atom. The Hall–Kier alpha value is -2.82. The van der Waals surface area contributed by atoms with Gasteiger partial charge >= 0.3 is 6.03 Å². The molecule has 5 heteroatoms. The number of hydrogen-bond acceptors (Lipinski definition) is 3. The van der Waals surface area contributed by atoms with E-state index in [-0.39, 0.29) is 11.6 Å². The molecule has 134 valence electrons. The number of nitrogens with zero attached hydrogens (tertiary/aromatic N) is 2. The van der Waals surface area contributed by atoms with E-state index in [2.05, 4.69) is 22.6 Å². The number of anilines is 1. The Kier molecular flexibility index (Phi) is 4.37. The van der Waals surface area contributed by atoms with Crippen molar-refractivity contribution in [3.05, 3.63) is 65.7 Å². The molecule has 2 aliphatic heterocycles. The maximum absolute atomic E-state index is 12.5. The molecule has 2 aromatic rings. The van der Waals surface area contributed by atoms with Crippen LogP contribution in [-0.4, -0.2) is 35.3 Å². The second kappa shape index (κ2) is 6.83. The molecule has 26 heavy (non-hydrogen) atoms. The van der Waals surface area contributed by atoms with Crippen LogP contribution in [0, 0.1) is 6.92 Å². The van der Waals surface area contributed by atoms with Crippen LogP contribution in [0.15, 0.2) is 59.8 Å². The number of aryl methyl sites for hydroxylation is 1. The van der Waals surface area contributed by atoms with E-state index in [9.17, 15) is 4.79 Å². The van der Waals surface area contributed by atoms with E-state index >= 15 is 0 Å². The van der Waals surface area contributed by atoms with Crippen molar-refractivity contribution in [2.24, 2.45) is 5.16 Å². The number of amides is 2. The Balaban J connectivity index is 1.33.